The van der Waals surface area contributed by atoms with Crippen molar-refractivity contribution in [2.75, 3.05) is 26.2 Å². The van der Waals surface area contributed by atoms with Crippen LogP contribution in [-0.2, 0) is 10.0 Å². The molecule has 1 fully saturated rings. The first kappa shape index (κ1) is 18.4. The number of benzene rings is 1. The third-order valence-electron chi connectivity index (χ3n) is 4.50. The molecule has 0 bridgehead atoms. The normalized spacial score (nSPS) is 16.2. The van der Waals surface area contributed by atoms with Crippen molar-refractivity contribution in [3.63, 3.8) is 0 Å². The van der Waals surface area contributed by atoms with Crippen LogP contribution in [-0.4, -0.2) is 49.7 Å². The van der Waals surface area contributed by atoms with E-state index < -0.39 is 10.0 Å². The third kappa shape index (κ3) is 3.60. The summed E-state index contributed by atoms with van der Waals surface area (Å²) in [6, 6.07) is 8.77. The lowest BCUT2D eigenvalue weighted by Gasteiger charge is -2.34. The predicted molar refractivity (Wildman–Crippen MR) is 99.9 cm³/mol. The second-order valence-corrected chi connectivity index (χ2v) is 9.88. The summed E-state index contributed by atoms with van der Waals surface area (Å²) in [7, 11) is -3.54. The summed E-state index contributed by atoms with van der Waals surface area (Å²) in [6.45, 7) is 5.24. The number of nitrogens with zero attached hydrogens (tertiary/aromatic N) is 2. The number of halogens is 1. The summed E-state index contributed by atoms with van der Waals surface area (Å²) in [5, 5.41) is 0. The van der Waals surface area contributed by atoms with Crippen LogP contribution in [0.25, 0.3) is 0 Å². The Morgan fingerprint density at radius 1 is 1.08 bits per heavy atom. The van der Waals surface area contributed by atoms with E-state index in [-0.39, 0.29) is 23.2 Å². The average Bonchev–Trinajstić information content (AvgIpc) is 3.04. The van der Waals surface area contributed by atoms with E-state index in [1.165, 1.54) is 10.4 Å². The monoisotopic (exact) mass is 398 g/mol. The third-order valence-corrected chi connectivity index (χ3v) is 8.10. The Morgan fingerprint density at radius 3 is 2.36 bits per heavy atom. The second-order valence-electron chi connectivity index (χ2n) is 6.00. The molecular formula is C17H19ClN2O3S2. The van der Waals surface area contributed by atoms with Crippen LogP contribution < -0.4 is 0 Å². The molecule has 0 unspecified atom stereocenters. The number of carbonyl (C=O) groups is 1. The van der Waals surface area contributed by atoms with Crippen molar-refractivity contribution in [1.29, 1.82) is 0 Å². The molecule has 1 aromatic carbocycles. The van der Waals surface area contributed by atoms with Gasteiger partial charge in [0, 0.05) is 31.7 Å². The zero-order valence-corrected chi connectivity index (χ0v) is 16.4. The Bertz CT molecular complexity index is 900. The minimum atomic E-state index is -3.54. The Labute approximate surface area is 156 Å². The van der Waals surface area contributed by atoms with Gasteiger partial charge in [-0.25, -0.2) is 8.42 Å². The van der Waals surface area contributed by atoms with E-state index in [0.29, 0.717) is 23.0 Å². The van der Waals surface area contributed by atoms with E-state index in [9.17, 15) is 13.2 Å². The molecule has 3 rings (SSSR count). The summed E-state index contributed by atoms with van der Waals surface area (Å²) in [5.41, 5.74) is 2.72. The number of amides is 1. The summed E-state index contributed by atoms with van der Waals surface area (Å²) < 4.78 is 27.3. The first-order chi connectivity index (χ1) is 11.8. The number of sulfonamides is 1. The van der Waals surface area contributed by atoms with Gasteiger partial charge in [-0.3, -0.25) is 4.79 Å². The fourth-order valence-electron chi connectivity index (χ4n) is 2.85. The van der Waals surface area contributed by atoms with Crippen LogP contribution in [0.15, 0.2) is 34.5 Å². The molecule has 0 radical (unpaired) electrons. The van der Waals surface area contributed by atoms with Gasteiger partial charge in [-0.15, -0.1) is 11.3 Å². The zero-order valence-electron chi connectivity index (χ0n) is 14.0. The number of hydrogen-bond donors (Lipinski definition) is 0. The van der Waals surface area contributed by atoms with Crippen LogP contribution in [0.5, 0.6) is 0 Å². The van der Waals surface area contributed by atoms with Gasteiger partial charge in [0.15, 0.2) is 0 Å². The molecule has 0 aliphatic carbocycles. The van der Waals surface area contributed by atoms with Crippen LogP contribution in [0.4, 0.5) is 0 Å². The van der Waals surface area contributed by atoms with Crippen LogP contribution in [0, 0.1) is 13.8 Å². The Balaban J connectivity index is 1.71. The fraction of sp³-hybridized carbons (Fsp3) is 0.353. The predicted octanol–water partition coefficient (Wildman–Crippen LogP) is 3.17. The van der Waals surface area contributed by atoms with Crippen LogP contribution in [0.3, 0.4) is 0 Å². The largest absolute Gasteiger partial charge is 0.336 e. The van der Waals surface area contributed by atoms with E-state index in [4.69, 9.17) is 11.6 Å². The van der Waals surface area contributed by atoms with Crippen molar-refractivity contribution < 1.29 is 13.2 Å². The molecule has 1 aromatic heterocycles. The fourth-order valence-corrected chi connectivity index (χ4v) is 5.91. The summed E-state index contributed by atoms with van der Waals surface area (Å²) >= 11 is 6.90. The standard InChI is InChI=1S/C17H19ClN2O3S2/c1-12-4-3-5-14(13(12)2)17(21)19-8-10-20(11-9-19)25(22,23)16-7-6-15(18)24-16/h3-7H,8-11H2,1-2H3. The minimum absolute atomic E-state index is 0.0441. The molecule has 0 spiro atoms. The lowest BCUT2D eigenvalue weighted by atomic mass is 10.0. The molecule has 2 aromatic rings. The number of rotatable bonds is 3. The first-order valence-corrected chi connectivity index (χ1v) is 10.5. The first-order valence-electron chi connectivity index (χ1n) is 7.91. The lowest BCUT2D eigenvalue weighted by Crippen LogP contribution is -2.50. The minimum Gasteiger partial charge on any atom is -0.336 e. The van der Waals surface area contributed by atoms with Gasteiger partial charge in [-0.2, -0.15) is 4.31 Å². The maximum atomic E-state index is 12.7. The van der Waals surface area contributed by atoms with E-state index in [1.54, 1.807) is 11.0 Å². The van der Waals surface area contributed by atoms with Crippen LogP contribution in [0.2, 0.25) is 4.34 Å². The molecule has 8 heteroatoms. The van der Waals surface area contributed by atoms with Gasteiger partial charge in [0.25, 0.3) is 15.9 Å². The maximum Gasteiger partial charge on any atom is 0.254 e. The smallest absolute Gasteiger partial charge is 0.254 e. The SMILES string of the molecule is Cc1cccc(C(=O)N2CCN(S(=O)(=O)c3ccc(Cl)s3)CC2)c1C. The second kappa shape index (κ2) is 7.07. The molecule has 1 saturated heterocycles. The average molecular weight is 399 g/mol. The van der Waals surface area contributed by atoms with E-state index >= 15 is 0 Å². The Kier molecular flexibility index (Phi) is 5.20. The van der Waals surface area contributed by atoms with E-state index in [1.807, 2.05) is 32.0 Å². The van der Waals surface area contributed by atoms with Gasteiger partial charge >= 0.3 is 0 Å². The van der Waals surface area contributed by atoms with Gasteiger partial charge in [0.05, 0.1) is 4.34 Å². The number of piperazine rings is 1. The number of aryl methyl sites for hydroxylation is 1. The number of thiophene rings is 1. The van der Waals surface area contributed by atoms with Gasteiger partial charge in [-0.1, -0.05) is 23.7 Å². The van der Waals surface area contributed by atoms with Crippen molar-refractivity contribution in [3.05, 3.63) is 51.4 Å². The van der Waals surface area contributed by atoms with Gasteiger partial charge < -0.3 is 4.90 Å². The van der Waals surface area contributed by atoms with Crippen LogP contribution >= 0.6 is 22.9 Å². The molecule has 1 amide bonds. The molecule has 0 N–H and O–H groups in total. The summed E-state index contributed by atoms with van der Waals surface area (Å²) in [6.07, 6.45) is 0. The number of carbonyl (C=O) groups excluding carboxylic acids is 1. The molecule has 2 heterocycles. The van der Waals surface area contributed by atoms with Gasteiger partial charge in [0.2, 0.25) is 0 Å². The highest BCUT2D eigenvalue weighted by Gasteiger charge is 2.31. The van der Waals surface area contributed by atoms with Crippen molar-refractivity contribution in [2.24, 2.45) is 0 Å². The zero-order chi connectivity index (χ0) is 18.2. The highest BCUT2D eigenvalue weighted by atomic mass is 35.5. The molecule has 1 aliphatic rings. The highest BCUT2D eigenvalue weighted by Crippen LogP contribution is 2.28. The summed E-state index contributed by atoms with van der Waals surface area (Å²) in [4.78, 5) is 14.5. The molecule has 134 valence electrons. The molecular weight excluding hydrogens is 380 g/mol. The topological polar surface area (TPSA) is 57.7 Å². The molecule has 0 atom stereocenters. The van der Waals surface area contributed by atoms with Crippen molar-refractivity contribution >= 4 is 38.9 Å². The molecule has 5 nitrogen and oxygen atoms in total. The molecule has 25 heavy (non-hydrogen) atoms. The quantitative estimate of drug-likeness (QED) is 0.797. The highest BCUT2D eigenvalue weighted by molar-refractivity contribution is 7.91. The van der Waals surface area contributed by atoms with Crippen LogP contribution in [0.1, 0.15) is 21.5 Å². The Hall–Kier alpha value is -1.41. The lowest BCUT2D eigenvalue weighted by molar-refractivity contribution is 0.0697. The van der Waals surface area contributed by atoms with Crippen molar-refractivity contribution in [2.45, 2.75) is 18.1 Å². The summed E-state index contributed by atoms with van der Waals surface area (Å²) in [5.74, 6) is -0.0441. The van der Waals surface area contributed by atoms with Crippen molar-refractivity contribution in [3.8, 4) is 0 Å². The van der Waals surface area contributed by atoms with E-state index in [0.717, 1.165) is 22.5 Å². The molecule has 1 aliphatic heterocycles. The maximum absolute atomic E-state index is 12.7. The number of hydrogen-bond acceptors (Lipinski definition) is 4. The molecule has 0 saturated carbocycles. The van der Waals surface area contributed by atoms with E-state index in [2.05, 4.69) is 0 Å². The van der Waals surface area contributed by atoms with Gasteiger partial charge in [-0.05, 0) is 43.2 Å². The van der Waals surface area contributed by atoms with Crippen molar-refractivity contribution in [1.82, 2.24) is 9.21 Å². The Morgan fingerprint density at radius 2 is 1.76 bits per heavy atom. The van der Waals surface area contributed by atoms with Gasteiger partial charge in [0.1, 0.15) is 4.21 Å².